The Kier molecular flexibility index (Phi) is 7.24. The molecular weight excluding hydrogens is 504 g/mol. The van der Waals surface area contributed by atoms with Gasteiger partial charge in [0.15, 0.2) is 0 Å². The summed E-state index contributed by atoms with van der Waals surface area (Å²) in [5.74, 6) is 1.10. The minimum absolute atomic E-state index is 0.217. The first-order chi connectivity index (χ1) is 18.3. The predicted octanol–water partition coefficient (Wildman–Crippen LogP) is 3.58. The van der Waals surface area contributed by atoms with Gasteiger partial charge in [-0.2, -0.15) is 12.7 Å². The van der Waals surface area contributed by atoms with Crippen molar-refractivity contribution >= 4 is 38.2 Å². The summed E-state index contributed by atoms with van der Waals surface area (Å²) in [6.45, 7) is 5.26. The van der Waals surface area contributed by atoms with Crippen LogP contribution in [0.15, 0.2) is 61.1 Å². The normalized spacial score (nSPS) is 14.3. The molecule has 11 heteroatoms. The molecular formula is C27H32N6O4S. The molecule has 2 aromatic carbocycles. The molecule has 0 N–H and O–H groups in total. The van der Waals surface area contributed by atoms with E-state index in [0.717, 1.165) is 46.6 Å². The first-order valence-electron chi connectivity index (χ1n) is 12.4. The maximum Gasteiger partial charge on any atom is 0.308 e. The van der Waals surface area contributed by atoms with E-state index in [4.69, 9.17) is 14.5 Å². The summed E-state index contributed by atoms with van der Waals surface area (Å²) >= 11 is 0. The fourth-order valence-corrected chi connectivity index (χ4v) is 5.50. The van der Waals surface area contributed by atoms with E-state index in [-0.39, 0.29) is 6.54 Å². The molecule has 0 spiro atoms. The van der Waals surface area contributed by atoms with Crippen LogP contribution in [-0.4, -0.2) is 74.2 Å². The molecule has 10 nitrogen and oxygen atoms in total. The number of pyridine rings is 1. The number of ether oxygens (including phenoxy) is 2. The highest BCUT2D eigenvalue weighted by Gasteiger charge is 2.23. The topological polar surface area (TPSA) is 93.0 Å². The number of methoxy groups -OCH3 is 1. The standard InChI is InChI=1S/C27H32N6O4S/c1-20-13-23(17-25(14-20)36-4)32(19-27-28-7-8-33(27)38(34,35)30(2)3)22-5-6-26-21(15-22)16-24(18-29-26)31-9-11-37-12-10-31/h5-8,13-18H,9-12,19H2,1-4H3. The van der Waals surface area contributed by atoms with Crippen LogP contribution in [0.3, 0.4) is 0 Å². The van der Waals surface area contributed by atoms with Gasteiger partial charge in [-0.3, -0.25) is 4.98 Å². The molecule has 200 valence electrons. The molecule has 0 unspecified atom stereocenters. The number of benzene rings is 2. The van der Waals surface area contributed by atoms with Gasteiger partial charge in [0.1, 0.15) is 11.6 Å². The second-order valence-corrected chi connectivity index (χ2v) is 11.4. The van der Waals surface area contributed by atoms with Crippen molar-refractivity contribution in [2.24, 2.45) is 0 Å². The second kappa shape index (κ2) is 10.6. The fraction of sp³-hybridized carbons (Fsp3) is 0.333. The maximum atomic E-state index is 13.0. The van der Waals surface area contributed by atoms with Gasteiger partial charge in [0, 0.05) is 62.4 Å². The Hall–Kier alpha value is -3.67. The molecule has 0 saturated carbocycles. The van der Waals surface area contributed by atoms with Crippen LogP contribution in [0.25, 0.3) is 10.9 Å². The number of morpholine rings is 1. The molecule has 4 aromatic rings. The number of anilines is 3. The molecule has 0 radical (unpaired) electrons. The molecule has 38 heavy (non-hydrogen) atoms. The van der Waals surface area contributed by atoms with Gasteiger partial charge in [-0.25, -0.2) is 8.96 Å². The van der Waals surface area contributed by atoms with Gasteiger partial charge in [-0.1, -0.05) is 0 Å². The summed E-state index contributed by atoms with van der Waals surface area (Å²) in [6.07, 6.45) is 4.88. The number of nitrogens with zero attached hydrogens (tertiary/aromatic N) is 6. The highest BCUT2D eigenvalue weighted by atomic mass is 32.2. The van der Waals surface area contributed by atoms with Crippen LogP contribution in [-0.2, 0) is 21.5 Å². The van der Waals surface area contributed by atoms with Crippen molar-refractivity contribution in [3.63, 3.8) is 0 Å². The van der Waals surface area contributed by atoms with Crippen molar-refractivity contribution in [1.29, 1.82) is 0 Å². The van der Waals surface area contributed by atoms with E-state index in [1.807, 2.05) is 48.4 Å². The van der Waals surface area contributed by atoms with Crippen LogP contribution in [0.2, 0.25) is 0 Å². The Morgan fingerprint density at radius 3 is 2.55 bits per heavy atom. The fourth-order valence-electron chi connectivity index (χ4n) is 4.56. The number of aryl methyl sites for hydroxylation is 1. The highest BCUT2D eigenvalue weighted by molar-refractivity contribution is 7.87. The van der Waals surface area contributed by atoms with Gasteiger partial charge in [0.25, 0.3) is 0 Å². The minimum atomic E-state index is -3.74. The van der Waals surface area contributed by atoms with Crippen LogP contribution >= 0.6 is 0 Å². The van der Waals surface area contributed by atoms with Crippen molar-refractivity contribution in [3.8, 4) is 5.75 Å². The van der Waals surface area contributed by atoms with Gasteiger partial charge < -0.3 is 19.3 Å². The van der Waals surface area contributed by atoms with Crippen LogP contribution in [0.4, 0.5) is 17.1 Å². The van der Waals surface area contributed by atoms with E-state index in [2.05, 4.69) is 22.0 Å². The van der Waals surface area contributed by atoms with Gasteiger partial charge in [-0.05, 0) is 48.9 Å². The van der Waals surface area contributed by atoms with E-state index in [1.54, 1.807) is 7.11 Å². The van der Waals surface area contributed by atoms with Crippen molar-refractivity contribution in [2.75, 3.05) is 57.3 Å². The van der Waals surface area contributed by atoms with Crippen molar-refractivity contribution < 1.29 is 17.9 Å². The number of imidazole rings is 1. The molecule has 1 aliphatic rings. The third-order valence-electron chi connectivity index (χ3n) is 6.61. The predicted molar refractivity (Wildman–Crippen MR) is 149 cm³/mol. The monoisotopic (exact) mass is 536 g/mol. The quantitative estimate of drug-likeness (QED) is 0.337. The SMILES string of the molecule is COc1cc(C)cc(N(Cc2nccn2S(=O)(=O)N(C)C)c2ccc3ncc(N4CCOCC4)cc3c2)c1. The summed E-state index contributed by atoms with van der Waals surface area (Å²) in [6, 6.07) is 14.1. The summed E-state index contributed by atoms with van der Waals surface area (Å²) in [7, 11) is 0.905. The van der Waals surface area contributed by atoms with E-state index in [9.17, 15) is 8.42 Å². The lowest BCUT2D eigenvalue weighted by molar-refractivity contribution is 0.122. The Morgan fingerprint density at radius 2 is 1.82 bits per heavy atom. The van der Waals surface area contributed by atoms with Crippen molar-refractivity contribution in [2.45, 2.75) is 13.5 Å². The van der Waals surface area contributed by atoms with E-state index < -0.39 is 10.2 Å². The lowest BCUT2D eigenvalue weighted by Gasteiger charge is -2.29. The molecule has 3 heterocycles. The van der Waals surface area contributed by atoms with E-state index in [1.165, 1.54) is 34.8 Å². The molecule has 1 fully saturated rings. The molecule has 0 aliphatic carbocycles. The number of hydrogen-bond donors (Lipinski definition) is 0. The largest absolute Gasteiger partial charge is 0.497 e. The first kappa shape index (κ1) is 26.0. The smallest absolute Gasteiger partial charge is 0.308 e. The Bertz CT molecular complexity index is 1550. The Balaban J connectivity index is 1.60. The molecule has 1 aliphatic heterocycles. The zero-order valence-corrected chi connectivity index (χ0v) is 22.9. The number of hydrogen-bond acceptors (Lipinski definition) is 8. The average Bonchev–Trinajstić information content (AvgIpc) is 3.40. The second-order valence-electron chi connectivity index (χ2n) is 9.39. The number of fused-ring (bicyclic) bond motifs is 1. The van der Waals surface area contributed by atoms with Crippen LogP contribution in [0, 0.1) is 6.92 Å². The Labute approximate surface area is 223 Å². The van der Waals surface area contributed by atoms with Crippen molar-refractivity contribution in [1.82, 2.24) is 18.2 Å². The molecule has 1 saturated heterocycles. The summed E-state index contributed by atoms with van der Waals surface area (Å²) < 4.78 is 39.4. The molecule has 2 aromatic heterocycles. The molecule has 0 atom stereocenters. The first-order valence-corrected chi connectivity index (χ1v) is 13.8. The van der Waals surface area contributed by atoms with Gasteiger partial charge in [0.2, 0.25) is 0 Å². The third kappa shape index (κ3) is 5.17. The maximum absolute atomic E-state index is 13.0. The zero-order chi connectivity index (χ0) is 26.9. The molecule has 5 rings (SSSR count). The highest BCUT2D eigenvalue weighted by Crippen LogP contribution is 2.34. The molecule has 0 bridgehead atoms. The summed E-state index contributed by atoms with van der Waals surface area (Å²) in [5, 5.41) is 0.986. The molecule has 0 amide bonds. The minimum Gasteiger partial charge on any atom is -0.497 e. The zero-order valence-electron chi connectivity index (χ0n) is 22.0. The lowest BCUT2D eigenvalue weighted by Crippen LogP contribution is -2.36. The lowest BCUT2D eigenvalue weighted by atomic mass is 10.1. The number of aromatic nitrogens is 3. The van der Waals surface area contributed by atoms with Gasteiger partial charge >= 0.3 is 10.2 Å². The van der Waals surface area contributed by atoms with Gasteiger partial charge in [-0.15, -0.1) is 0 Å². The number of rotatable bonds is 8. The Morgan fingerprint density at radius 1 is 1.03 bits per heavy atom. The van der Waals surface area contributed by atoms with Crippen molar-refractivity contribution in [3.05, 3.63) is 72.4 Å². The van der Waals surface area contributed by atoms with Crippen LogP contribution in [0.1, 0.15) is 11.4 Å². The van der Waals surface area contributed by atoms with Gasteiger partial charge in [0.05, 0.1) is 44.3 Å². The third-order valence-corrected chi connectivity index (χ3v) is 8.36. The van der Waals surface area contributed by atoms with Crippen LogP contribution in [0.5, 0.6) is 5.75 Å². The summed E-state index contributed by atoms with van der Waals surface area (Å²) in [4.78, 5) is 13.4. The van der Waals surface area contributed by atoms with E-state index >= 15 is 0 Å². The summed E-state index contributed by atoms with van der Waals surface area (Å²) in [5.41, 5.74) is 4.68. The van der Waals surface area contributed by atoms with E-state index in [0.29, 0.717) is 24.8 Å². The van der Waals surface area contributed by atoms with Crippen LogP contribution < -0.4 is 14.5 Å². The average molecular weight is 537 g/mol.